The highest BCUT2D eigenvalue weighted by atomic mass is 35.5. The highest BCUT2D eigenvalue weighted by Crippen LogP contribution is 2.44. The second kappa shape index (κ2) is 4.88. The third-order valence-corrected chi connectivity index (χ3v) is 5.15. The summed E-state index contributed by atoms with van der Waals surface area (Å²) in [6.07, 6.45) is 4.86. The fraction of sp³-hybridized carbons (Fsp3) is 0.500. The van der Waals surface area contributed by atoms with Crippen molar-refractivity contribution in [1.29, 1.82) is 0 Å². The van der Waals surface area contributed by atoms with Crippen molar-refractivity contribution < 1.29 is 4.79 Å². The van der Waals surface area contributed by atoms with Crippen LogP contribution in [0.15, 0.2) is 12.1 Å². The molecule has 0 spiro atoms. The lowest BCUT2D eigenvalue weighted by molar-refractivity contribution is 0.0923. The molecule has 102 valence electrons. The van der Waals surface area contributed by atoms with Gasteiger partial charge in [0.25, 0.3) is 5.91 Å². The van der Waals surface area contributed by atoms with Crippen molar-refractivity contribution in [3.05, 3.63) is 27.7 Å². The normalized spacial score (nSPS) is 28.6. The molecular weight excluding hydrogens is 283 g/mol. The molecule has 3 unspecified atom stereocenters. The van der Waals surface area contributed by atoms with E-state index in [1.54, 1.807) is 12.1 Å². The summed E-state index contributed by atoms with van der Waals surface area (Å²) in [6, 6.07) is 3.41. The topological polar surface area (TPSA) is 55.1 Å². The van der Waals surface area contributed by atoms with Crippen LogP contribution < -0.4 is 11.1 Å². The van der Waals surface area contributed by atoms with E-state index in [-0.39, 0.29) is 17.0 Å². The summed E-state index contributed by atoms with van der Waals surface area (Å²) >= 11 is 12.0. The Bertz CT molecular complexity index is 532. The average molecular weight is 299 g/mol. The number of nitrogen functional groups attached to an aromatic ring is 1. The van der Waals surface area contributed by atoms with Crippen LogP contribution in [0.5, 0.6) is 0 Å². The number of nitrogens with two attached hydrogens (primary N) is 1. The molecule has 3 nitrogen and oxygen atoms in total. The molecule has 1 aromatic carbocycles. The largest absolute Gasteiger partial charge is 0.399 e. The molecule has 2 aliphatic rings. The molecule has 3 rings (SSSR count). The van der Waals surface area contributed by atoms with Crippen molar-refractivity contribution in [3.8, 4) is 0 Å². The van der Waals surface area contributed by atoms with Crippen molar-refractivity contribution in [1.82, 2.24) is 5.32 Å². The number of halogens is 2. The lowest BCUT2D eigenvalue weighted by Gasteiger charge is -2.23. The first-order valence-corrected chi connectivity index (χ1v) is 7.35. The lowest BCUT2D eigenvalue weighted by Crippen LogP contribution is -2.38. The minimum absolute atomic E-state index is 0.170. The molecule has 2 aliphatic carbocycles. The Morgan fingerprint density at radius 1 is 1.26 bits per heavy atom. The number of rotatable bonds is 2. The molecule has 2 bridgehead atoms. The Labute approximate surface area is 122 Å². The van der Waals surface area contributed by atoms with Gasteiger partial charge in [-0.25, -0.2) is 0 Å². The molecule has 1 aromatic rings. The summed E-state index contributed by atoms with van der Waals surface area (Å²) < 4.78 is 0. The van der Waals surface area contributed by atoms with Crippen molar-refractivity contribution in [2.24, 2.45) is 11.8 Å². The number of benzene rings is 1. The number of hydrogen-bond donors (Lipinski definition) is 2. The molecule has 2 fully saturated rings. The Balaban J connectivity index is 1.77. The molecule has 3 N–H and O–H groups in total. The van der Waals surface area contributed by atoms with E-state index in [0.29, 0.717) is 22.2 Å². The van der Waals surface area contributed by atoms with Crippen LogP contribution in [-0.2, 0) is 0 Å². The van der Waals surface area contributed by atoms with Crippen molar-refractivity contribution in [2.75, 3.05) is 5.73 Å². The monoisotopic (exact) mass is 298 g/mol. The van der Waals surface area contributed by atoms with Crippen LogP contribution in [0.2, 0.25) is 10.0 Å². The summed E-state index contributed by atoms with van der Waals surface area (Å²) in [7, 11) is 0. The number of carbonyl (C=O) groups is 1. The van der Waals surface area contributed by atoms with Gasteiger partial charge in [-0.05, 0) is 43.2 Å². The predicted molar refractivity (Wildman–Crippen MR) is 77.6 cm³/mol. The Hall–Kier alpha value is -0.930. The third kappa shape index (κ3) is 2.41. The van der Waals surface area contributed by atoms with Crippen LogP contribution in [0, 0.1) is 11.8 Å². The zero-order chi connectivity index (χ0) is 13.6. The van der Waals surface area contributed by atoms with Gasteiger partial charge in [0.15, 0.2) is 0 Å². The number of anilines is 1. The summed E-state index contributed by atoms with van der Waals surface area (Å²) in [5, 5.41) is 3.68. The average Bonchev–Trinajstić information content (AvgIpc) is 2.95. The quantitative estimate of drug-likeness (QED) is 0.821. The van der Waals surface area contributed by atoms with E-state index in [1.807, 2.05) is 0 Å². The third-order valence-electron chi connectivity index (χ3n) is 4.35. The van der Waals surface area contributed by atoms with Crippen LogP contribution in [0.3, 0.4) is 0 Å². The maximum atomic E-state index is 12.3. The zero-order valence-corrected chi connectivity index (χ0v) is 12.0. The smallest absolute Gasteiger partial charge is 0.253 e. The predicted octanol–water partition coefficient (Wildman–Crippen LogP) is 3.49. The van der Waals surface area contributed by atoms with Gasteiger partial charge in [-0.2, -0.15) is 0 Å². The standard InChI is InChI=1S/C14H16Cl2N2O/c15-11-6-9(17)5-10(13(11)16)14(19)18-12-4-7-1-2-8(12)3-7/h5-8,12H,1-4,17H2,(H,18,19). The lowest BCUT2D eigenvalue weighted by atomic mass is 9.95. The molecule has 5 heteroatoms. The summed E-state index contributed by atoms with van der Waals surface area (Å²) in [4.78, 5) is 12.3. The highest BCUT2D eigenvalue weighted by molar-refractivity contribution is 6.44. The van der Waals surface area contributed by atoms with E-state index < -0.39 is 0 Å². The summed E-state index contributed by atoms with van der Waals surface area (Å²) in [5.41, 5.74) is 6.53. The van der Waals surface area contributed by atoms with Gasteiger partial charge in [-0.1, -0.05) is 29.6 Å². The molecular formula is C14H16Cl2N2O. The first-order valence-electron chi connectivity index (χ1n) is 6.60. The molecule has 0 saturated heterocycles. The van der Waals surface area contributed by atoms with Crippen molar-refractivity contribution >= 4 is 34.8 Å². The molecule has 1 amide bonds. The van der Waals surface area contributed by atoms with Crippen LogP contribution in [0.25, 0.3) is 0 Å². The fourth-order valence-electron chi connectivity index (χ4n) is 3.44. The van der Waals surface area contributed by atoms with Gasteiger partial charge in [0.2, 0.25) is 0 Å². The summed E-state index contributed by atoms with van der Waals surface area (Å²) in [6.45, 7) is 0. The van der Waals surface area contributed by atoms with Gasteiger partial charge in [0, 0.05) is 11.7 Å². The van der Waals surface area contributed by atoms with Crippen molar-refractivity contribution in [3.63, 3.8) is 0 Å². The van der Waals surface area contributed by atoms with Gasteiger partial charge in [0.05, 0.1) is 15.6 Å². The van der Waals surface area contributed by atoms with Crippen LogP contribution in [-0.4, -0.2) is 11.9 Å². The van der Waals surface area contributed by atoms with Gasteiger partial charge in [-0.3, -0.25) is 4.79 Å². The van der Waals surface area contributed by atoms with E-state index in [0.717, 1.165) is 12.3 Å². The number of nitrogens with one attached hydrogen (secondary N) is 1. The second-order valence-electron chi connectivity index (χ2n) is 5.62. The Kier molecular flexibility index (Phi) is 3.35. The first-order chi connectivity index (χ1) is 9.04. The molecule has 19 heavy (non-hydrogen) atoms. The number of carbonyl (C=O) groups excluding carboxylic acids is 1. The van der Waals surface area contributed by atoms with E-state index in [4.69, 9.17) is 28.9 Å². The molecule has 2 saturated carbocycles. The highest BCUT2D eigenvalue weighted by Gasteiger charge is 2.40. The number of fused-ring (bicyclic) bond motifs is 2. The second-order valence-corrected chi connectivity index (χ2v) is 6.40. The fourth-order valence-corrected chi connectivity index (χ4v) is 3.87. The molecule has 0 radical (unpaired) electrons. The van der Waals surface area contributed by atoms with Gasteiger partial charge in [0.1, 0.15) is 0 Å². The Morgan fingerprint density at radius 3 is 2.68 bits per heavy atom. The molecule has 3 atom stereocenters. The van der Waals surface area contributed by atoms with E-state index in [1.165, 1.54) is 19.3 Å². The van der Waals surface area contributed by atoms with E-state index in [2.05, 4.69) is 5.32 Å². The van der Waals surface area contributed by atoms with Crippen LogP contribution in [0.1, 0.15) is 36.0 Å². The van der Waals surface area contributed by atoms with Gasteiger partial charge in [-0.15, -0.1) is 0 Å². The first kappa shape index (κ1) is 13.1. The SMILES string of the molecule is Nc1cc(Cl)c(Cl)c(C(=O)NC2CC3CCC2C3)c1. The van der Waals surface area contributed by atoms with Crippen LogP contribution in [0.4, 0.5) is 5.69 Å². The zero-order valence-electron chi connectivity index (χ0n) is 10.5. The molecule has 0 aromatic heterocycles. The Morgan fingerprint density at radius 2 is 2.05 bits per heavy atom. The number of amides is 1. The van der Waals surface area contributed by atoms with E-state index >= 15 is 0 Å². The van der Waals surface area contributed by atoms with Crippen molar-refractivity contribution in [2.45, 2.75) is 31.7 Å². The maximum absolute atomic E-state index is 12.3. The summed E-state index contributed by atoms with van der Waals surface area (Å²) in [5.74, 6) is 1.25. The van der Waals surface area contributed by atoms with Gasteiger partial charge < -0.3 is 11.1 Å². The number of hydrogen-bond acceptors (Lipinski definition) is 2. The molecule has 0 aliphatic heterocycles. The van der Waals surface area contributed by atoms with Gasteiger partial charge >= 0.3 is 0 Å². The van der Waals surface area contributed by atoms with Crippen LogP contribution >= 0.6 is 23.2 Å². The van der Waals surface area contributed by atoms with E-state index in [9.17, 15) is 4.79 Å². The minimum Gasteiger partial charge on any atom is -0.399 e. The molecule has 0 heterocycles. The minimum atomic E-state index is -0.170. The maximum Gasteiger partial charge on any atom is 0.253 e.